The molecule has 296 valence electrons. The van der Waals surface area contributed by atoms with Crippen LogP contribution in [0.3, 0.4) is 0 Å². The maximum Gasteiger partial charge on any atom is 0.416 e. The van der Waals surface area contributed by atoms with Crippen LogP contribution in [0.5, 0.6) is 0 Å². The van der Waals surface area contributed by atoms with Crippen LogP contribution < -0.4 is 4.90 Å². The molecule has 0 aromatic heterocycles. The van der Waals surface area contributed by atoms with Gasteiger partial charge in [0, 0.05) is 61.9 Å². The van der Waals surface area contributed by atoms with Crippen LogP contribution in [0.2, 0.25) is 10.0 Å². The van der Waals surface area contributed by atoms with E-state index in [1.54, 1.807) is 53.5 Å². The first-order valence-electron chi connectivity index (χ1n) is 17.1. The van der Waals surface area contributed by atoms with Gasteiger partial charge in [-0.15, -0.1) is 0 Å². The number of carbonyl (C=O) groups is 3. The van der Waals surface area contributed by atoms with Crippen LogP contribution >= 0.6 is 23.2 Å². The molecule has 0 N–H and O–H groups in total. The van der Waals surface area contributed by atoms with E-state index in [0.717, 1.165) is 11.0 Å². The van der Waals surface area contributed by atoms with Crippen molar-refractivity contribution in [3.8, 4) is 0 Å². The topological polar surface area (TPSA) is 117 Å². The van der Waals surface area contributed by atoms with Crippen molar-refractivity contribution in [2.75, 3.05) is 50.9 Å². The zero-order valence-corrected chi connectivity index (χ0v) is 33.9. The predicted molar refractivity (Wildman–Crippen MR) is 198 cm³/mol. The van der Waals surface area contributed by atoms with Crippen molar-refractivity contribution in [3.05, 3.63) is 57.1 Å². The van der Waals surface area contributed by atoms with Crippen LogP contribution in [-0.2, 0) is 32.0 Å². The third-order valence-electron chi connectivity index (χ3n) is 8.36. The molecule has 1 aliphatic heterocycles. The fourth-order valence-electron chi connectivity index (χ4n) is 5.73. The van der Waals surface area contributed by atoms with Crippen LogP contribution in [0.1, 0.15) is 82.8 Å². The number of amides is 3. The number of anilines is 1. The number of sulfone groups is 1. The van der Waals surface area contributed by atoms with Crippen LogP contribution in [0, 0.1) is 0 Å². The van der Waals surface area contributed by atoms with Gasteiger partial charge >= 0.3 is 18.4 Å². The van der Waals surface area contributed by atoms with Crippen LogP contribution in [-0.4, -0.2) is 104 Å². The highest BCUT2D eigenvalue weighted by Crippen LogP contribution is 2.38. The fraction of sp³-hybridized carbons (Fsp3) is 0.583. The third-order valence-corrected chi connectivity index (χ3v) is 10.7. The van der Waals surface area contributed by atoms with E-state index in [0.29, 0.717) is 25.5 Å². The highest BCUT2D eigenvalue weighted by Gasteiger charge is 2.38. The second kappa shape index (κ2) is 17.0. The van der Waals surface area contributed by atoms with Crippen molar-refractivity contribution in [2.45, 2.75) is 96.2 Å². The largest absolute Gasteiger partial charge is 0.444 e. The van der Waals surface area contributed by atoms with Crippen molar-refractivity contribution >= 4 is 56.8 Å². The first-order chi connectivity index (χ1) is 24.2. The van der Waals surface area contributed by atoms with E-state index in [1.165, 1.54) is 42.0 Å². The maximum absolute atomic E-state index is 14.7. The molecule has 1 aliphatic rings. The molecule has 1 saturated heterocycles. The van der Waals surface area contributed by atoms with Gasteiger partial charge in [0.15, 0.2) is 9.84 Å². The Labute approximate surface area is 320 Å². The molecule has 11 nitrogen and oxygen atoms in total. The molecule has 53 heavy (non-hydrogen) atoms. The van der Waals surface area contributed by atoms with Gasteiger partial charge in [0.2, 0.25) is 0 Å². The average Bonchev–Trinajstić information content (AvgIpc) is 3.02. The number of likely N-dealkylation sites (N-methyl/N-ethyl adjacent to an activating group) is 1. The number of likely N-dealkylation sites (tertiary alicyclic amines) is 1. The minimum absolute atomic E-state index is 0.0793. The lowest BCUT2D eigenvalue weighted by Crippen LogP contribution is -2.53. The molecule has 0 unspecified atom stereocenters. The van der Waals surface area contributed by atoms with Crippen molar-refractivity contribution in [3.63, 3.8) is 0 Å². The molecule has 0 saturated carbocycles. The van der Waals surface area contributed by atoms with Gasteiger partial charge in [0.05, 0.1) is 21.9 Å². The third kappa shape index (κ3) is 12.1. The minimum Gasteiger partial charge on any atom is -0.444 e. The summed E-state index contributed by atoms with van der Waals surface area (Å²) >= 11 is 12.7. The van der Waals surface area contributed by atoms with Crippen molar-refractivity contribution in [1.82, 2.24) is 14.7 Å². The van der Waals surface area contributed by atoms with E-state index in [4.69, 9.17) is 32.7 Å². The van der Waals surface area contributed by atoms with Crippen molar-refractivity contribution in [2.24, 2.45) is 0 Å². The Morgan fingerprint density at radius 3 is 2.09 bits per heavy atom. The highest BCUT2D eigenvalue weighted by atomic mass is 35.5. The lowest BCUT2D eigenvalue weighted by atomic mass is 9.99. The molecular weight excluding hydrogens is 760 g/mol. The number of nitrogens with zero attached hydrogens (tertiary/aromatic N) is 4. The SMILES string of the molecule is CCS(=O)(=O)c1ccc(Cl)cc1N(C)C(=O)c1cc(Cl)c(CN2CCC[C@H](N(CCN(C)C(=O)OC(C)(C)C)C(=O)OC(C)(C)C)C2)c(C(F)(F)F)c1. The summed E-state index contributed by atoms with van der Waals surface area (Å²) in [5.41, 5.74) is -3.44. The van der Waals surface area contributed by atoms with E-state index in [1.807, 2.05) is 0 Å². The number of carbonyl (C=O) groups excluding carboxylic acids is 3. The summed E-state index contributed by atoms with van der Waals surface area (Å²) in [6.45, 7) is 12.3. The molecule has 0 radical (unpaired) electrons. The number of piperidine rings is 1. The number of hydrogen-bond acceptors (Lipinski definition) is 8. The molecule has 3 rings (SSSR count). The van der Waals surface area contributed by atoms with Gasteiger partial charge in [-0.2, -0.15) is 13.2 Å². The van der Waals surface area contributed by atoms with Crippen LogP contribution in [0.25, 0.3) is 0 Å². The van der Waals surface area contributed by atoms with Gasteiger partial charge in [-0.25, -0.2) is 18.0 Å². The lowest BCUT2D eigenvalue weighted by Gasteiger charge is -2.40. The molecule has 17 heteroatoms. The molecule has 3 amide bonds. The van der Waals surface area contributed by atoms with Crippen molar-refractivity contribution in [1.29, 1.82) is 0 Å². The summed E-state index contributed by atoms with van der Waals surface area (Å²) in [5, 5.41) is -0.187. The van der Waals surface area contributed by atoms with Crippen molar-refractivity contribution < 1.29 is 45.4 Å². The summed E-state index contributed by atoms with van der Waals surface area (Å²) in [5.74, 6) is -1.21. The van der Waals surface area contributed by atoms with Crippen LogP contribution in [0.15, 0.2) is 35.2 Å². The Hall–Kier alpha value is -3.27. The second-order valence-corrected chi connectivity index (χ2v) is 18.1. The second-order valence-electron chi connectivity index (χ2n) is 15.0. The molecular formula is C36H49Cl2F3N4O7S. The molecule has 0 aliphatic carbocycles. The summed E-state index contributed by atoms with van der Waals surface area (Å²) in [6.07, 6.45) is -5.05. The molecule has 1 atom stereocenters. The van der Waals surface area contributed by atoms with Crippen LogP contribution in [0.4, 0.5) is 28.4 Å². The first-order valence-corrected chi connectivity index (χ1v) is 19.5. The van der Waals surface area contributed by atoms with Gasteiger partial charge in [0.1, 0.15) is 11.2 Å². The van der Waals surface area contributed by atoms with Gasteiger partial charge in [0.25, 0.3) is 5.91 Å². The number of alkyl halides is 3. The standard InChI is InChI=1S/C36H49Cl2F3N4O7S/c1-10-53(49,50)30-14-13-24(37)20-29(30)43(9)31(46)23-18-27(36(39,40)41)26(28(38)19-23)22-44-15-11-12-25(21-44)45(33(48)52-35(5,6)7)17-16-42(8)32(47)51-34(2,3)4/h13-14,18-20,25H,10-12,15-17,21-22H2,1-9H3/t25-/m0/s1. The van der Waals surface area contributed by atoms with Gasteiger partial charge in [-0.05, 0) is 96.8 Å². The number of ether oxygens (including phenoxy) is 2. The summed E-state index contributed by atoms with van der Waals surface area (Å²) in [7, 11) is -1.05. The van der Waals surface area contributed by atoms with Gasteiger partial charge in [-0.1, -0.05) is 30.1 Å². The zero-order valence-electron chi connectivity index (χ0n) is 31.6. The van der Waals surface area contributed by atoms with E-state index < -0.39 is 62.5 Å². The Kier molecular flexibility index (Phi) is 14.2. The van der Waals surface area contributed by atoms with Gasteiger partial charge < -0.3 is 24.2 Å². The number of rotatable bonds is 10. The number of benzene rings is 2. The monoisotopic (exact) mass is 808 g/mol. The minimum atomic E-state index is -4.91. The summed E-state index contributed by atoms with van der Waals surface area (Å²) in [6, 6.07) is 5.21. The maximum atomic E-state index is 14.7. The number of hydrogen-bond donors (Lipinski definition) is 0. The Bertz CT molecular complexity index is 1780. The molecule has 2 aromatic carbocycles. The molecule has 0 bridgehead atoms. The highest BCUT2D eigenvalue weighted by molar-refractivity contribution is 7.91. The summed E-state index contributed by atoms with van der Waals surface area (Å²) in [4.78, 5) is 45.0. The molecule has 1 heterocycles. The smallest absolute Gasteiger partial charge is 0.416 e. The van der Waals surface area contributed by atoms with E-state index in [2.05, 4.69) is 0 Å². The predicted octanol–water partition coefficient (Wildman–Crippen LogP) is 8.15. The van der Waals surface area contributed by atoms with E-state index >= 15 is 0 Å². The first kappa shape index (κ1) is 44.1. The van der Waals surface area contributed by atoms with Gasteiger partial charge in [-0.3, -0.25) is 9.69 Å². The summed E-state index contributed by atoms with van der Waals surface area (Å²) < 4.78 is 80.6. The van der Waals surface area contributed by atoms with E-state index in [9.17, 15) is 36.0 Å². The van der Waals surface area contributed by atoms with E-state index in [-0.39, 0.29) is 58.1 Å². The molecule has 0 spiro atoms. The Morgan fingerprint density at radius 2 is 1.53 bits per heavy atom. The lowest BCUT2D eigenvalue weighted by molar-refractivity contribution is -0.138. The molecule has 1 fully saturated rings. The quantitative estimate of drug-likeness (QED) is 0.236. The Balaban J connectivity index is 1.93. The zero-order chi connectivity index (χ0) is 40.3. The number of halogens is 5. The average molecular weight is 810 g/mol. The fourth-order valence-corrected chi connectivity index (χ4v) is 7.28. The normalized spacial score (nSPS) is 15.8. The Morgan fingerprint density at radius 1 is 0.925 bits per heavy atom. The molecule has 2 aromatic rings.